The van der Waals surface area contributed by atoms with Crippen LogP contribution in [0.4, 0.5) is 30.7 Å². The van der Waals surface area contributed by atoms with Crippen molar-refractivity contribution in [2.24, 2.45) is 0 Å². The second kappa shape index (κ2) is 9.99. The summed E-state index contributed by atoms with van der Waals surface area (Å²) in [6, 6.07) is 5.15. The molecule has 172 valence electrons. The molecule has 3 unspecified atom stereocenters. The summed E-state index contributed by atoms with van der Waals surface area (Å²) in [6.07, 6.45) is -9.55. The van der Waals surface area contributed by atoms with Gasteiger partial charge in [0.2, 0.25) is 0 Å². The summed E-state index contributed by atoms with van der Waals surface area (Å²) in [5.41, 5.74) is -0.679. The number of hydrogen-bond donors (Lipinski definition) is 2. The second-order valence-corrected chi connectivity index (χ2v) is 7.77. The van der Waals surface area contributed by atoms with Gasteiger partial charge in [0.1, 0.15) is 17.9 Å². The van der Waals surface area contributed by atoms with Crippen molar-refractivity contribution in [1.29, 1.82) is 0 Å². The van der Waals surface area contributed by atoms with E-state index in [0.717, 1.165) is 6.07 Å². The van der Waals surface area contributed by atoms with Gasteiger partial charge in [-0.15, -0.1) is 0 Å². The van der Waals surface area contributed by atoms with E-state index in [4.69, 9.17) is 0 Å². The minimum Gasteiger partial charge on any atom is -0.300 e. The summed E-state index contributed by atoms with van der Waals surface area (Å²) in [5.74, 6) is -1.07. The van der Waals surface area contributed by atoms with Crippen LogP contribution in [0.5, 0.6) is 0 Å². The van der Waals surface area contributed by atoms with E-state index in [1.165, 1.54) is 57.2 Å². The molecule has 31 heavy (non-hydrogen) atoms. The van der Waals surface area contributed by atoms with Gasteiger partial charge in [0.25, 0.3) is 0 Å². The summed E-state index contributed by atoms with van der Waals surface area (Å²) in [7, 11) is 0. The standard InChI is InChI=1S/C22H25F7N2/c1-13(2)30-20(22(27,28)29)17-11-7-10-16(18(17)23)12-14(3)31-19(21(24,25)26)15-8-5-4-6-9-15/h4-11,13-14,19-20,30-31H,12H2,1-3H3. The number of nitrogens with one attached hydrogen (secondary N) is 2. The topological polar surface area (TPSA) is 24.1 Å². The Kier molecular flexibility index (Phi) is 8.10. The van der Waals surface area contributed by atoms with Crippen LogP contribution in [0.25, 0.3) is 0 Å². The van der Waals surface area contributed by atoms with Gasteiger partial charge in [-0.05, 0) is 24.5 Å². The van der Waals surface area contributed by atoms with Gasteiger partial charge in [0.15, 0.2) is 0 Å². The Balaban J connectivity index is 2.27. The first kappa shape index (κ1) is 25.1. The maximum atomic E-state index is 15.0. The number of alkyl halides is 6. The fraction of sp³-hybridized carbons (Fsp3) is 0.455. The van der Waals surface area contributed by atoms with Crippen molar-refractivity contribution in [2.75, 3.05) is 0 Å². The highest BCUT2D eigenvalue weighted by Crippen LogP contribution is 2.36. The Morgan fingerprint density at radius 1 is 0.742 bits per heavy atom. The van der Waals surface area contributed by atoms with E-state index in [1.54, 1.807) is 6.07 Å². The highest BCUT2D eigenvalue weighted by atomic mass is 19.4. The molecule has 0 heterocycles. The Morgan fingerprint density at radius 3 is 1.84 bits per heavy atom. The predicted molar refractivity (Wildman–Crippen MR) is 105 cm³/mol. The van der Waals surface area contributed by atoms with Crippen molar-refractivity contribution >= 4 is 0 Å². The Hall–Kier alpha value is -2.13. The maximum absolute atomic E-state index is 15.0. The van der Waals surface area contributed by atoms with Gasteiger partial charge in [-0.25, -0.2) is 4.39 Å². The van der Waals surface area contributed by atoms with Gasteiger partial charge in [0.05, 0.1) is 0 Å². The normalized spacial score (nSPS) is 15.7. The number of halogens is 7. The van der Waals surface area contributed by atoms with E-state index in [1.807, 2.05) is 0 Å². The summed E-state index contributed by atoms with van der Waals surface area (Å²) < 4.78 is 96.0. The zero-order valence-corrected chi connectivity index (χ0v) is 17.3. The van der Waals surface area contributed by atoms with Crippen molar-refractivity contribution < 1.29 is 30.7 Å². The van der Waals surface area contributed by atoms with Gasteiger partial charge >= 0.3 is 12.4 Å². The third-order valence-electron chi connectivity index (χ3n) is 4.68. The first-order valence-corrected chi connectivity index (χ1v) is 9.78. The average Bonchev–Trinajstić information content (AvgIpc) is 2.65. The van der Waals surface area contributed by atoms with Crippen LogP contribution >= 0.6 is 0 Å². The molecule has 9 heteroatoms. The lowest BCUT2D eigenvalue weighted by Crippen LogP contribution is -2.41. The quantitative estimate of drug-likeness (QED) is 0.465. The van der Waals surface area contributed by atoms with Crippen molar-refractivity contribution in [3.63, 3.8) is 0 Å². The first-order chi connectivity index (χ1) is 14.3. The molecule has 0 saturated heterocycles. The first-order valence-electron chi connectivity index (χ1n) is 9.78. The number of rotatable bonds is 8. The van der Waals surface area contributed by atoms with Crippen LogP contribution < -0.4 is 10.6 Å². The Morgan fingerprint density at radius 2 is 1.32 bits per heavy atom. The van der Waals surface area contributed by atoms with Crippen LogP contribution in [0.3, 0.4) is 0 Å². The molecule has 2 nitrogen and oxygen atoms in total. The lowest BCUT2D eigenvalue weighted by atomic mass is 9.97. The molecule has 0 spiro atoms. The van der Waals surface area contributed by atoms with Crippen LogP contribution in [0.1, 0.15) is 49.5 Å². The highest BCUT2D eigenvalue weighted by Gasteiger charge is 2.43. The third kappa shape index (κ3) is 6.93. The van der Waals surface area contributed by atoms with E-state index in [0.29, 0.717) is 0 Å². The fourth-order valence-electron chi connectivity index (χ4n) is 3.37. The molecular weight excluding hydrogens is 425 g/mol. The lowest BCUT2D eigenvalue weighted by Gasteiger charge is -2.27. The van der Waals surface area contributed by atoms with Crippen LogP contribution in [0.2, 0.25) is 0 Å². The molecule has 0 bridgehead atoms. The summed E-state index contributed by atoms with van der Waals surface area (Å²) in [6.45, 7) is 4.45. The van der Waals surface area contributed by atoms with Crippen molar-refractivity contribution in [3.05, 3.63) is 71.0 Å². The fourth-order valence-corrected chi connectivity index (χ4v) is 3.37. The van der Waals surface area contributed by atoms with Crippen molar-refractivity contribution in [3.8, 4) is 0 Å². The van der Waals surface area contributed by atoms with Gasteiger partial charge in [-0.3, -0.25) is 5.32 Å². The molecule has 0 aromatic heterocycles. The zero-order valence-electron chi connectivity index (χ0n) is 17.3. The molecule has 2 aromatic carbocycles. The summed E-state index contributed by atoms with van der Waals surface area (Å²) in [4.78, 5) is 0. The van der Waals surface area contributed by atoms with E-state index in [-0.39, 0.29) is 17.5 Å². The molecule has 0 radical (unpaired) electrons. The molecule has 0 aliphatic rings. The summed E-state index contributed by atoms with van der Waals surface area (Å²) >= 11 is 0. The van der Waals surface area contributed by atoms with Crippen molar-refractivity contribution in [2.45, 2.75) is 63.7 Å². The molecule has 0 fully saturated rings. The smallest absolute Gasteiger partial charge is 0.300 e. The van der Waals surface area contributed by atoms with Crippen molar-refractivity contribution in [1.82, 2.24) is 10.6 Å². The van der Waals surface area contributed by atoms with Crippen LogP contribution in [0, 0.1) is 5.82 Å². The van der Waals surface area contributed by atoms with Gasteiger partial charge in [-0.2, -0.15) is 26.3 Å². The molecule has 0 saturated carbocycles. The molecule has 0 aliphatic heterocycles. The second-order valence-electron chi connectivity index (χ2n) is 7.77. The van der Waals surface area contributed by atoms with E-state index in [2.05, 4.69) is 10.6 Å². The lowest BCUT2D eigenvalue weighted by molar-refractivity contribution is -0.160. The largest absolute Gasteiger partial charge is 0.408 e. The summed E-state index contributed by atoms with van der Waals surface area (Å²) in [5, 5.41) is 4.73. The Bertz CT molecular complexity index is 832. The molecule has 0 aliphatic carbocycles. The molecule has 2 N–H and O–H groups in total. The number of benzene rings is 2. The van der Waals surface area contributed by atoms with E-state index in [9.17, 15) is 30.7 Å². The van der Waals surface area contributed by atoms with Crippen LogP contribution in [-0.2, 0) is 6.42 Å². The predicted octanol–water partition coefficient (Wildman–Crippen LogP) is 6.25. The highest BCUT2D eigenvalue weighted by molar-refractivity contribution is 5.30. The zero-order chi connectivity index (χ0) is 23.4. The van der Waals surface area contributed by atoms with Gasteiger partial charge in [0, 0.05) is 17.6 Å². The van der Waals surface area contributed by atoms with E-state index >= 15 is 0 Å². The SMILES string of the molecule is CC(C)NC(c1cccc(CC(C)NC(c2ccccc2)C(F)(F)F)c1F)C(F)(F)F. The molecule has 3 atom stereocenters. The molecule has 2 rings (SSSR count). The third-order valence-corrected chi connectivity index (χ3v) is 4.68. The number of hydrogen-bond acceptors (Lipinski definition) is 2. The average molecular weight is 450 g/mol. The molecule has 0 amide bonds. The molecule has 2 aromatic rings. The van der Waals surface area contributed by atoms with Crippen LogP contribution in [-0.4, -0.2) is 24.4 Å². The monoisotopic (exact) mass is 450 g/mol. The van der Waals surface area contributed by atoms with Gasteiger partial charge in [-0.1, -0.05) is 62.4 Å². The minimum atomic E-state index is -4.73. The van der Waals surface area contributed by atoms with E-state index < -0.39 is 47.9 Å². The van der Waals surface area contributed by atoms with Gasteiger partial charge < -0.3 is 5.32 Å². The molecular formula is C22H25F7N2. The van der Waals surface area contributed by atoms with Crippen LogP contribution in [0.15, 0.2) is 48.5 Å². The minimum absolute atomic E-state index is 0.00524. The Labute approximate surface area is 176 Å². The maximum Gasteiger partial charge on any atom is 0.408 e.